The molecule has 1 saturated heterocycles. The van der Waals surface area contributed by atoms with Gasteiger partial charge in [0.25, 0.3) is 0 Å². The van der Waals surface area contributed by atoms with Gasteiger partial charge in [-0.1, -0.05) is 0 Å². The monoisotopic (exact) mass is 316 g/mol. The normalized spacial score (nSPS) is 18.9. The second-order valence-corrected chi connectivity index (χ2v) is 8.06. The SMILES string of the molecule is CC(=O)c1cc(CN2CCCN(S(C)(=O)=O)CC2)cs1. The molecule has 0 spiro atoms. The van der Waals surface area contributed by atoms with Gasteiger partial charge in [0.1, 0.15) is 0 Å². The van der Waals surface area contributed by atoms with Gasteiger partial charge in [-0.05, 0) is 36.9 Å². The minimum absolute atomic E-state index is 0.0976. The third kappa shape index (κ3) is 4.12. The van der Waals surface area contributed by atoms with Crippen LogP contribution in [0.4, 0.5) is 0 Å². The molecule has 0 bridgehead atoms. The Kier molecular flexibility index (Phi) is 4.95. The van der Waals surface area contributed by atoms with Crippen LogP contribution in [0, 0.1) is 0 Å². The predicted molar refractivity (Wildman–Crippen MR) is 80.6 cm³/mol. The molecule has 0 aliphatic carbocycles. The van der Waals surface area contributed by atoms with Crippen molar-refractivity contribution in [1.29, 1.82) is 0 Å². The zero-order valence-electron chi connectivity index (χ0n) is 11.8. The fourth-order valence-corrected chi connectivity index (χ4v) is 4.02. The van der Waals surface area contributed by atoms with Gasteiger partial charge >= 0.3 is 0 Å². The van der Waals surface area contributed by atoms with E-state index in [1.165, 1.54) is 17.6 Å². The van der Waals surface area contributed by atoms with E-state index in [1.807, 2.05) is 11.4 Å². The summed E-state index contributed by atoms with van der Waals surface area (Å²) in [6.45, 7) is 5.11. The quantitative estimate of drug-likeness (QED) is 0.788. The molecule has 2 heterocycles. The molecule has 0 aromatic carbocycles. The number of Topliss-reactive ketones (excluding diaryl/α,β-unsaturated/α-hetero) is 1. The van der Waals surface area contributed by atoms with Crippen molar-refractivity contribution >= 4 is 27.1 Å². The van der Waals surface area contributed by atoms with Gasteiger partial charge in [0, 0.05) is 26.2 Å². The zero-order valence-corrected chi connectivity index (χ0v) is 13.5. The zero-order chi connectivity index (χ0) is 14.8. The van der Waals surface area contributed by atoms with Crippen molar-refractivity contribution in [1.82, 2.24) is 9.21 Å². The standard InChI is InChI=1S/C13H20N2O3S2/c1-11(16)13-8-12(10-19-13)9-14-4-3-5-15(7-6-14)20(2,17)18/h8,10H,3-7,9H2,1-2H3. The highest BCUT2D eigenvalue weighted by Gasteiger charge is 2.21. The Balaban J connectivity index is 1.95. The number of hydrogen-bond donors (Lipinski definition) is 0. The number of ketones is 1. The molecule has 0 radical (unpaired) electrons. The Hall–Kier alpha value is -0.760. The summed E-state index contributed by atoms with van der Waals surface area (Å²) in [5, 5.41) is 2.01. The van der Waals surface area contributed by atoms with E-state index in [4.69, 9.17) is 0 Å². The summed E-state index contributed by atoms with van der Waals surface area (Å²) >= 11 is 1.47. The van der Waals surface area contributed by atoms with E-state index in [0.717, 1.165) is 36.5 Å². The van der Waals surface area contributed by atoms with Crippen molar-refractivity contribution in [2.75, 3.05) is 32.4 Å². The number of rotatable bonds is 4. The van der Waals surface area contributed by atoms with Gasteiger partial charge in [-0.15, -0.1) is 11.3 Å². The Morgan fingerprint density at radius 1 is 1.30 bits per heavy atom. The van der Waals surface area contributed by atoms with Gasteiger partial charge in [0.15, 0.2) is 5.78 Å². The van der Waals surface area contributed by atoms with Gasteiger partial charge in [-0.3, -0.25) is 9.69 Å². The summed E-state index contributed by atoms with van der Waals surface area (Å²) in [5.41, 5.74) is 1.13. The van der Waals surface area contributed by atoms with Crippen LogP contribution in [0.1, 0.15) is 28.6 Å². The molecule has 2 rings (SSSR count). The van der Waals surface area contributed by atoms with Crippen LogP contribution in [0.2, 0.25) is 0 Å². The van der Waals surface area contributed by atoms with Gasteiger partial charge < -0.3 is 0 Å². The number of nitrogens with zero attached hydrogens (tertiary/aromatic N) is 2. The second-order valence-electron chi connectivity index (χ2n) is 5.17. The number of carbonyl (C=O) groups excluding carboxylic acids is 1. The van der Waals surface area contributed by atoms with E-state index in [-0.39, 0.29) is 5.78 Å². The lowest BCUT2D eigenvalue weighted by atomic mass is 10.2. The third-order valence-electron chi connectivity index (χ3n) is 3.42. The molecule has 5 nitrogen and oxygen atoms in total. The molecule has 20 heavy (non-hydrogen) atoms. The predicted octanol–water partition coefficient (Wildman–Crippen LogP) is 1.42. The Morgan fingerprint density at radius 2 is 2.05 bits per heavy atom. The van der Waals surface area contributed by atoms with Gasteiger partial charge in [0.05, 0.1) is 11.1 Å². The molecule has 0 amide bonds. The summed E-state index contributed by atoms with van der Waals surface area (Å²) < 4.78 is 24.7. The first-order chi connectivity index (χ1) is 9.36. The average molecular weight is 316 g/mol. The molecule has 0 N–H and O–H groups in total. The van der Waals surface area contributed by atoms with Crippen LogP contribution in [0.3, 0.4) is 0 Å². The third-order valence-corrected chi connectivity index (χ3v) is 5.81. The maximum absolute atomic E-state index is 11.6. The molecular weight excluding hydrogens is 296 g/mol. The molecule has 0 unspecified atom stereocenters. The van der Waals surface area contributed by atoms with E-state index in [9.17, 15) is 13.2 Å². The van der Waals surface area contributed by atoms with Crippen LogP contribution >= 0.6 is 11.3 Å². The second kappa shape index (κ2) is 6.34. The van der Waals surface area contributed by atoms with Crippen molar-refractivity contribution in [2.24, 2.45) is 0 Å². The van der Waals surface area contributed by atoms with E-state index in [2.05, 4.69) is 4.90 Å². The van der Waals surface area contributed by atoms with Gasteiger partial charge in [-0.2, -0.15) is 0 Å². The minimum atomic E-state index is -3.09. The van der Waals surface area contributed by atoms with Crippen molar-refractivity contribution in [3.8, 4) is 0 Å². The maximum Gasteiger partial charge on any atom is 0.211 e. The van der Waals surface area contributed by atoms with Crippen LogP contribution < -0.4 is 0 Å². The van der Waals surface area contributed by atoms with Crippen molar-refractivity contribution in [3.63, 3.8) is 0 Å². The lowest BCUT2D eigenvalue weighted by molar-refractivity contribution is 0.102. The van der Waals surface area contributed by atoms with Crippen LogP contribution in [0.5, 0.6) is 0 Å². The molecule has 112 valence electrons. The number of sulfonamides is 1. The summed E-state index contributed by atoms with van der Waals surface area (Å²) in [4.78, 5) is 14.3. The van der Waals surface area contributed by atoms with Gasteiger partial charge in [-0.25, -0.2) is 12.7 Å². The largest absolute Gasteiger partial charge is 0.298 e. The summed E-state index contributed by atoms with van der Waals surface area (Å²) in [5.74, 6) is 0.0976. The molecule has 1 aliphatic heterocycles. The first-order valence-electron chi connectivity index (χ1n) is 6.62. The molecule has 1 fully saturated rings. The Labute approximate surface area is 124 Å². The summed E-state index contributed by atoms with van der Waals surface area (Å²) in [6, 6.07) is 1.94. The van der Waals surface area contributed by atoms with Crippen LogP contribution in [0.15, 0.2) is 11.4 Å². The Bertz CT molecular complexity index is 580. The van der Waals surface area contributed by atoms with Crippen molar-refractivity contribution in [3.05, 3.63) is 21.9 Å². The Morgan fingerprint density at radius 3 is 2.65 bits per heavy atom. The number of thiophene rings is 1. The van der Waals surface area contributed by atoms with Crippen molar-refractivity contribution in [2.45, 2.75) is 19.9 Å². The van der Waals surface area contributed by atoms with Crippen LogP contribution in [0.25, 0.3) is 0 Å². The van der Waals surface area contributed by atoms with Crippen molar-refractivity contribution < 1.29 is 13.2 Å². The first-order valence-corrected chi connectivity index (χ1v) is 9.35. The number of hydrogen-bond acceptors (Lipinski definition) is 5. The molecule has 1 aliphatic rings. The van der Waals surface area contributed by atoms with Gasteiger partial charge in [0.2, 0.25) is 10.0 Å². The average Bonchev–Trinajstić information content (AvgIpc) is 2.66. The summed E-state index contributed by atoms with van der Waals surface area (Å²) in [7, 11) is -3.09. The molecular formula is C13H20N2O3S2. The highest BCUT2D eigenvalue weighted by molar-refractivity contribution is 7.88. The van der Waals surface area contributed by atoms with E-state index < -0.39 is 10.0 Å². The first kappa shape index (κ1) is 15.6. The van der Waals surface area contributed by atoms with Crippen LogP contribution in [-0.4, -0.2) is 55.8 Å². The molecule has 7 heteroatoms. The lowest BCUT2D eigenvalue weighted by Crippen LogP contribution is -2.34. The molecule has 0 atom stereocenters. The fraction of sp³-hybridized carbons (Fsp3) is 0.615. The molecule has 1 aromatic heterocycles. The van der Waals surface area contributed by atoms with Crippen LogP contribution in [-0.2, 0) is 16.6 Å². The number of carbonyl (C=O) groups is 1. The minimum Gasteiger partial charge on any atom is -0.298 e. The molecule has 0 saturated carbocycles. The molecule has 1 aromatic rings. The van der Waals surface area contributed by atoms with E-state index >= 15 is 0 Å². The fourth-order valence-electron chi connectivity index (χ4n) is 2.34. The maximum atomic E-state index is 11.6. The lowest BCUT2D eigenvalue weighted by Gasteiger charge is -2.20. The smallest absolute Gasteiger partial charge is 0.211 e. The topological polar surface area (TPSA) is 57.7 Å². The summed E-state index contributed by atoms with van der Waals surface area (Å²) in [6.07, 6.45) is 2.11. The van der Waals surface area contributed by atoms with E-state index in [0.29, 0.717) is 13.1 Å². The highest BCUT2D eigenvalue weighted by atomic mass is 32.2. The highest BCUT2D eigenvalue weighted by Crippen LogP contribution is 2.18. The van der Waals surface area contributed by atoms with E-state index in [1.54, 1.807) is 11.2 Å².